The molecule has 2 heteroatoms. The van der Waals surface area contributed by atoms with Crippen LogP contribution in [0, 0.1) is 3.57 Å². The quantitative estimate of drug-likeness (QED) is 0.286. The van der Waals surface area contributed by atoms with Crippen molar-refractivity contribution in [2.24, 2.45) is 0 Å². The average Bonchev–Trinajstić information content (AvgIpc) is 2.49. The Kier molecular flexibility index (Phi) is 4.31. The zero-order valence-electron chi connectivity index (χ0n) is 10.8. The van der Waals surface area contributed by atoms with E-state index >= 15 is 0 Å². The van der Waals surface area contributed by atoms with Gasteiger partial charge in [-0.2, -0.15) is 0 Å². The van der Waals surface area contributed by atoms with E-state index in [9.17, 15) is 0 Å². The van der Waals surface area contributed by atoms with E-state index in [-0.39, 0.29) is 3.42 Å². The third kappa shape index (κ3) is 3.01. The van der Waals surface area contributed by atoms with Gasteiger partial charge in [0.1, 0.15) is 0 Å². The Morgan fingerprint density at radius 2 is 1.40 bits per heavy atom. The predicted molar refractivity (Wildman–Crippen MR) is 102 cm³/mol. The van der Waals surface area contributed by atoms with Crippen LogP contribution in [0.5, 0.6) is 0 Å². The van der Waals surface area contributed by atoms with Gasteiger partial charge in [0, 0.05) is 9.49 Å². The number of hydrogen-bond acceptors (Lipinski definition) is 0. The monoisotopic (exact) mass is 484 g/mol. The average molecular weight is 484 g/mol. The molecule has 0 fully saturated rings. The summed E-state index contributed by atoms with van der Waals surface area (Å²) in [5, 5.41) is 0. The van der Waals surface area contributed by atoms with E-state index in [4.69, 9.17) is 0 Å². The number of rotatable bonds is 2. The van der Waals surface area contributed by atoms with Gasteiger partial charge in [0.25, 0.3) is 0 Å². The van der Waals surface area contributed by atoms with E-state index in [1.807, 2.05) is 0 Å². The Labute approximate surface area is 147 Å². The molecule has 0 radical (unpaired) electrons. The van der Waals surface area contributed by atoms with Crippen LogP contribution in [0.2, 0.25) is 0 Å². The third-order valence-electron chi connectivity index (χ3n) is 3.56. The molecule has 0 bridgehead atoms. The smallest absolute Gasteiger partial charge is 0.0753 e. The first-order chi connectivity index (χ1) is 9.67. The Hall–Kier alpha value is -0.620. The van der Waals surface area contributed by atoms with Gasteiger partial charge in [0.2, 0.25) is 0 Å². The minimum absolute atomic E-state index is 0.0205. The first-order valence-corrected chi connectivity index (χ1v) is 8.72. The van der Waals surface area contributed by atoms with Crippen LogP contribution in [0.4, 0.5) is 0 Å². The molecule has 100 valence electrons. The van der Waals surface area contributed by atoms with Crippen molar-refractivity contribution in [3.05, 3.63) is 93.6 Å². The summed E-state index contributed by atoms with van der Waals surface area (Å²) < 4.78 is 1.25. The molecule has 0 N–H and O–H groups in total. The summed E-state index contributed by atoms with van der Waals surface area (Å²) in [5.74, 6) is 0.392. The first kappa shape index (κ1) is 14.3. The lowest BCUT2D eigenvalue weighted by atomic mass is 9.87. The van der Waals surface area contributed by atoms with Gasteiger partial charge in [-0.25, -0.2) is 0 Å². The predicted octanol–water partition coefficient (Wildman–Crippen LogP) is 5.83. The highest BCUT2D eigenvalue weighted by Gasteiger charge is 2.25. The topological polar surface area (TPSA) is 0 Å². The molecule has 0 nitrogen and oxygen atoms in total. The van der Waals surface area contributed by atoms with Crippen LogP contribution in [-0.2, 0) is 3.42 Å². The molecule has 0 amide bonds. The summed E-state index contributed by atoms with van der Waals surface area (Å²) in [6.45, 7) is 0. The van der Waals surface area contributed by atoms with E-state index < -0.39 is 0 Å². The highest BCUT2D eigenvalue weighted by atomic mass is 127. The van der Waals surface area contributed by atoms with E-state index in [0.717, 1.165) is 0 Å². The van der Waals surface area contributed by atoms with Crippen LogP contribution in [0.15, 0.2) is 78.9 Å². The van der Waals surface area contributed by atoms with Crippen LogP contribution >= 0.6 is 45.2 Å². The SMILES string of the molecule is Ic1ccc(C2(I)C=CC(c3ccccc3)C=C2)cc1. The molecular weight excluding hydrogens is 470 g/mol. The highest BCUT2D eigenvalue weighted by molar-refractivity contribution is 14.1. The van der Waals surface area contributed by atoms with Gasteiger partial charge in [-0.3, -0.25) is 0 Å². The van der Waals surface area contributed by atoms with Gasteiger partial charge in [-0.05, 0) is 45.9 Å². The standard InChI is InChI=1S/C18H14I2/c19-17-8-6-16(7-9-17)18(20)12-10-15(11-13-18)14-4-2-1-3-5-14/h1-13,15H. The lowest BCUT2D eigenvalue weighted by molar-refractivity contribution is 0.943. The maximum atomic E-state index is 2.52. The van der Waals surface area contributed by atoms with Gasteiger partial charge in [0.05, 0.1) is 3.42 Å². The number of alkyl halides is 1. The molecule has 20 heavy (non-hydrogen) atoms. The second kappa shape index (κ2) is 6.02. The maximum Gasteiger partial charge on any atom is 0.0830 e. The molecule has 0 unspecified atom stereocenters. The van der Waals surface area contributed by atoms with E-state index in [0.29, 0.717) is 5.92 Å². The number of benzene rings is 2. The van der Waals surface area contributed by atoms with Crippen molar-refractivity contribution >= 4 is 45.2 Å². The summed E-state index contributed by atoms with van der Waals surface area (Å²) in [5.41, 5.74) is 2.68. The summed E-state index contributed by atoms with van der Waals surface area (Å²) in [6.07, 6.45) is 9.24. The number of halogens is 2. The van der Waals surface area contributed by atoms with Crippen LogP contribution in [0.3, 0.4) is 0 Å². The summed E-state index contributed by atoms with van der Waals surface area (Å²) in [7, 11) is 0. The largest absolute Gasteiger partial charge is 0.0830 e. The number of hydrogen-bond donors (Lipinski definition) is 0. The molecule has 2 aromatic carbocycles. The molecule has 0 heterocycles. The zero-order chi connectivity index (χ0) is 14.0. The van der Waals surface area contributed by atoms with Crippen LogP contribution < -0.4 is 0 Å². The first-order valence-electron chi connectivity index (χ1n) is 6.56. The van der Waals surface area contributed by atoms with Crippen molar-refractivity contribution in [1.82, 2.24) is 0 Å². The van der Waals surface area contributed by atoms with Gasteiger partial charge < -0.3 is 0 Å². The fourth-order valence-corrected chi connectivity index (χ4v) is 3.54. The molecule has 1 aliphatic carbocycles. The minimum Gasteiger partial charge on any atom is -0.0753 e. The highest BCUT2D eigenvalue weighted by Crippen LogP contribution is 2.40. The normalized spacial score (nSPS) is 24.8. The lowest BCUT2D eigenvalue weighted by Crippen LogP contribution is -2.15. The molecule has 0 saturated carbocycles. The van der Waals surface area contributed by atoms with Crippen molar-refractivity contribution in [3.8, 4) is 0 Å². The molecule has 3 rings (SSSR count). The molecular formula is C18H14I2. The molecule has 1 aliphatic rings. The third-order valence-corrected chi connectivity index (χ3v) is 5.62. The minimum atomic E-state index is -0.0205. The van der Waals surface area contributed by atoms with Crippen molar-refractivity contribution in [1.29, 1.82) is 0 Å². The van der Waals surface area contributed by atoms with Crippen LogP contribution in [0.25, 0.3) is 0 Å². The summed E-state index contributed by atoms with van der Waals surface area (Å²) in [4.78, 5) is 0. The van der Waals surface area contributed by atoms with Crippen molar-refractivity contribution in [2.45, 2.75) is 9.34 Å². The van der Waals surface area contributed by atoms with Crippen LogP contribution in [-0.4, -0.2) is 0 Å². The zero-order valence-corrected chi connectivity index (χ0v) is 15.2. The molecule has 0 saturated heterocycles. The second-order valence-corrected chi connectivity index (χ2v) is 7.96. The van der Waals surface area contributed by atoms with Gasteiger partial charge in [0.15, 0.2) is 0 Å². The fourth-order valence-electron chi connectivity index (χ4n) is 2.40. The van der Waals surface area contributed by atoms with Gasteiger partial charge in [-0.15, -0.1) is 0 Å². The van der Waals surface area contributed by atoms with E-state index in [1.54, 1.807) is 0 Å². The summed E-state index contributed by atoms with van der Waals surface area (Å²) in [6, 6.07) is 19.4. The molecule has 0 spiro atoms. The van der Waals surface area contributed by atoms with Crippen molar-refractivity contribution in [2.75, 3.05) is 0 Å². The Balaban J connectivity index is 1.86. The second-order valence-electron chi connectivity index (χ2n) is 4.93. The van der Waals surface area contributed by atoms with Gasteiger partial charge in [-0.1, -0.05) is 89.4 Å². The molecule has 0 atom stereocenters. The molecule has 2 aromatic rings. The Morgan fingerprint density at radius 1 is 0.800 bits per heavy atom. The Morgan fingerprint density at radius 3 is 2.00 bits per heavy atom. The molecule has 0 aromatic heterocycles. The van der Waals surface area contributed by atoms with Gasteiger partial charge >= 0.3 is 0 Å². The summed E-state index contributed by atoms with van der Waals surface area (Å²) >= 11 is 4.87. The van der Waals surface area contributed by atoms with Crippen molar-refractivity contribution < 1.29 is 0 Å². The lowest BCUT2D eigenvalue weighted by Gasteiger charge is -2.26. The molecule has 0 aliphatic heterocycles. The maximum absolute atomic E-state index is 2.52. The fraction of sp³-hybridized carbons (Fsp3) is 0.111. The Bertz CT molecular complexity index is 625. The van der Waals surface area contributed by atoms with Crippen molar-refractivity contribution in [3.63, 3.8) is 0 Å². The van der Waals surface area contributed by atoms with Crippen LogP contribution in [0.1, 0.15) is 17.0 Å². The number of allylic oxidation sites excluding steroid dienone is 4. The van der Waals surface area contributed by atoms with E-state index in [2.05, 4.69) is 124 Å². The van der Waals surface area contributed by atoms with E-state index in [1.165, 1.54) is 14.7 Å².